The van der Waals surface area contributed by atoms with Gasteiger partial charge in [0.2, 0.25) is 0 Å². The summed E-state index contributed by atoms with van der Waals surface area (Å²) in [5, 5.41) is 11.8. The number of benzene rings is 1. The normalized spacial score (nSPS) is 10.5. The summed E-state index contributed by atoms with van der Waals surface area (Å²) in [4.78, 5) is 10.7. The van der Waals surface area contributed by atoms with Crippen LogP contribution in [0.25, 0.3) is 0 Å². The molecule has 1 aromatic carbocycles. The maximum Gasteiger partial charge on any atom is 0.335 e. The average Bonchev–Trinajstić information content (AvgIpc) is 2.16. The fraction of sp³-hybridized carbons (Fsp3) is 0.417. The van der Waals surface area contributed by atoms with Crippen molar-refractivity contribution in [2.24, 2.45) is 5.92 Å². The van der Waals surface area contributed by atoms with Crippen LogP contribution in [0.2, 0.25) is 0 Å². The number of rotatable bonds is 5. The Morgan fingerprint density at radius 3 is 2.69 bits per heavy atom. The Morgan fingerprint density at radius 1 is 1.44 bits per heavy atom. The lowest BCUT2D eigenvalue weighted by molar-refractivity contribution is 0.0696. The smallest absolute Gasteiger partial charge is 0.335 e. The van der Waals surface area contributed by atoms with Crippen LogP contribution in [0.1, 0.15) is 30.6 Å². The van der Waals surface area contributed by atoms with Crippen molar-refractivity contribution in [2.75, 3.05) is 11.9 Å². The molecular formula is C12H16FNO2. The zero-order chi connectivity index (χ0) is 12.1. The van der Waals surface area contributed by atoms with Gasteiger partial charge < -0.3 is 10.4 Å². The first-order valence-corrected chi connectivity index (χ1v) is 5.27. The van der Waals surface area contributed by atoms with Crippen molar-refractivity contribution >= 4 is 11.7 Å². The fourth-order valence-corrected chi connectivity index (χ4v) is 1.32. The summed E-state index contributed by atoms with van der Waals surface area (Å²) in [6, 6.07) is 3.74. The van der Waals surface area contributed by atoms with Gasteiger partial charge in [0.15, 0.2) is 0 Å². The lowest BCUT2D eigenvalue weighted by Gasteiger charge is -2.09. The van der Waals surface area contributed by atoms with Gasteiger partial charge >= 0.3 is 5.97 Å². The van der Waals surface area contributed by atoms with E-state index in [-0.39, 0.29) is 5.56 Å². The summed E-state index contributed by atoms with van der Waals surface area (Å²) in [5.41, 5.74) is 0.477. The number of nitrogens with one attached hydrogen (secondary N) is 1. The van der Waals surface area contributed by atoms with Gasteiger partial charge in [-0.3, -0.25) is 0 Å². The zero-order valence-corrected chi connectivity index (χ0v) is 9.46. The third-order valence-electron chi connectivity index (χ3n) is 2.20. The van der Waals surface area contributed by atoms with Crippen molar-refractivity contribution < 1.29 is 14.3 Å². The van der Waals surface area contributed by atoms with Crippen molar-refractivity contribution in [3.63, 3.8) is 0 Å². The van der Waals surface area contributed by atoms with Gasteiger partial charge in [-0.05, 0) is 30.5 Å². The van der Waals surface area contributed by atoms with Gasteiger partial charge in [0, 0.05) is 12.2 Å². The number of halogens is 1. The third kappa shape index (κ3) is 3.88. The molecule has 0 amide bonds. The molecule has 0 aliphatic heterocycles. The van der Waals surface area contributed by atoms with Crippen LogP contribution < -0.4 is 5.32 Å². The highest BCUT2D eigenvalue weighted by Crippen LogP contribution is 2.14. The summed E-state index contributed by atoms with van der Waals surface area (Å²) in [7, 11) is 0. The molecular weight excluding hydrogens is 209 g/mol. The van der Waals surface area contributed by atoms with E-state index in [0.29, 0.717) is 18.2 Å². The molecule has 0 spiro atoms. The minimum atomic E-state index is -1.12. The Kier molecular flexibility index (Phi) is 4.28. The second-order valence-corrected chi connectivity index (χ2v) is 4.14. The first kappa shape index (κ1) is 12.5. The molecule has 88 valence electrons. The third-order valence-corrected chi connectivity index (χ3v) is 2.20. The maximum atomic E-state index is 13.1. The van der Waals surface area contributed by atoms with Gasteiger partial charge in [-0.1, -0.05) is 13.8 Å². The second kappa shape index (κ2) is 5.49. The molecule has 0 saturated heterocycles. The minimum Gasteiger partial charge on any atom is -0.478 e. The largest absolute Gasteiger partial charge is 0.478 e. The Hall–Kier alpha value is -1.58. The molecule has 0 heterocycles. The van der Waals surface area contributed by atoms with E-state index < -0.39 is 11.8 Å². The molecule has 0 aromatic heterocycles. The van der Waals surface area contributed by atoms with Crippen molar-refractivity contribution in [1.29, 1.82) is 0 Å². The van der Waals surface area contributed by atoms with Gasteiger partial charge in [-0.2, -0.15) is 0 Å². The number of aromatic carboxylic acids is 1. The van der Waals surface area contributed by atoms with E-state index in [9.17, 15) is 9.18 Å². The van der Waals surface area contributed by atoms with Gasteiger partial charge in [-0.25, -0.2) is 9.18 Å². The van der Waals surface area contributed by atoms with Gasteiger partial charge in [-0.15, -0.1) is 0 Å². The zero-order valence-electron chi connectivity index (χ0n) is 9.46. The topological polar surface area (TPSA) is 49.3 Å². The lowest BCUT2D eigenvalue weighted by Crippen LogP contribution is -2.06. The van der Waals surface area contributed by atoms with E-state index in [1.807, 2.05) is 0 Å². The van der Waals surface area contributed by atoms with Crippen LogP contribution >= 0.6 is 0 Å². The molecule has 0 unspecified atom stereocenters. The minimum absolute atomic E-state index is 0.0351. The number of carboxylic acids is 1. The predicted octanol–water partition coefficient (Wildman–Crippen LogP) is 2.98. The Morgan fingerprint density at radius 2 is 2.12 bits per heavy atom. The van der Waals surface area contributed by atoms with Crippen LogP contribution in [-0.2, 0) is 0 Å². The molecule has 16 heavy (non-hydrogen) atoms. The van der Waals surface area contributed by atoms with Crippen molar-refractivity contribution in [3.05, 3.63) is 29.6 Å². The number of anilines is 1. The lowest BCUT2D eigenvalue weighted by atomic mass is 10.1. The van der Waals surface area contributed by atoms with Crippen LogP contribution in [0.3, 0.4) is 0 Å². The molecule has 1 aromatic rings. The Bertz CT molecular complexity index is 377. The molecule has 0 saturated carbocycles. The van der Waals surface area contributed by atoms with Gasteiger partial charge in [0.25, 0.3) is 0 Å². The molecule has 0 radical (unpaired) electrons. The van der Waals surface area contributed by atoms with Crippen LogP contribution in [0.5, 0.6) is 0 Å². The molecule has 1 rings (SSSR count). The van der Waals surface area contributed by atoms with Crippen LogP contribution in [-0.4, -0.2) is 17.6 Å². The quantitative estimate of drug-likeness (QED) is 0.809. The Balaban J connectivity index is 2.69. The summed E-state index contributed by atoms with van der Waals surface area (Å²) < 4.78 is 13.1. The molecule has 2 N–H and O–H groups in total. The van der Waals surface area contributed by atoms with Crippen LogP contribution in [0.4, 0.5) is 10.1 Å². The van der Waals surface area contributed by atoms with E-state index >= 15 is 0 Å². The molecule has 3 nitrogen and oxygen atoms in total. The first-order valence-electron chi connectivity index (χ1n) is 5.27. The molecule has 0 bridgehead atoms. The van der Waals surface area contributed by atoms with Gasteiger partial charge in [0.1, 0.15) is 5.82 Å². The van der Waals surface area contributed by atoms with Gasteiger partial charge in [0.05, 0.1) is 5.56 Å². The standard InChI is InChI=1S/C12H16FNO2/c1-8(2)3-4-14-11-6-9(12(15)16)5-10(13)7-11/h5-8,14H,3-4H2,1-2H3,(H,15,16). The van der Waals surface area contributed by atoms with E-state index in [0.717, 1.165) is 12.5 Å². The highest BCUT2D eigenvalue weighted by molar-refractivity contribution is 5.88. The van der Waals surface area contributed by atoms with E-state index in [2.05, 4.69) is 19.2 Å². The SMILES string of the molecule is CC(C)CCNc1cc(F)cc(C(=O)O)c1. The summed E-state index contributed by atoms with van der Waals surface area (Å²) in [6.07, 6.45) is 0.957. The van der Waals surface area contributed by atoms with E-state index in [4.69, 9.17) is 5.11 Å². The predicted molar refractivity (Wildman–Crippen MR) is 61.3 cm³/mol. The maximum absolute atomic E-state index is 13.1. The molecule has 0 atom stereocenters. The molecule has 4 heteroatoms. The summed E-state index contributed by atoms with van der Waals surface area (Å²) in [6.45, 7) is 4.89. The number of hydrogen-bond acceptors (Lipinski definition) is 2. The van der Waals surface area contributed by atoms with E-state index in [1.165, 1.54) is 12.1 Å². The number of carbonyl (C=O) groups is 1. The second-order valence-electron chi connectivity index (χ2n) is 4.14. The first-order chi connectivity index (χ1) is 7.49. The fourth-order valence-electron chi connectivity index (χ4n) is 1.32. The Labute approximate surface area is 94.3 Å². The average molecular weight is 225 g/mol. The van der Waals surface area contributed by atoms with Crippen molar-refractivity contribution in [1.82, 2.24) is 0 Å². The number of carboxylic acid groups (broad SMARTS) is 1. The monoisotopic (exact) mass is 225 g/mol. The van der Waals surface area contributed by atoms with Crippen LogP contribution in [0.15, 0.2) is 18.2 Å². The molecule has 0 aliphatic carbocycles. The number of hydrogen-bond donors (Lipinski definition) is 2. The molecule has 0 fully saturated rings. The van der Waals surface area contributed by atoms with Crippen molar-refractivity contribution in [2.45, 2.75) is 20.3 Å². The van der Waals surface area contributed by atoms with E-state index in [1.54, 1.807) is 0 Å². The van der Waals surface area contributed by atoms with Crippen LogP contribution in [0, 0.1) is 11.7 Å². The van der Waals surface area contributed by atoms with Crippen molar-refractivity contribution in [3.8, 4) is 0 Å². The molecule has 0 aliphatic rings. The summed E-state index contributed by atoms with van der Waals surface area (Å²) >= 11 is 0. The summed E-state index contributed by atoms with van der Waals surface area (Å²) in [5.74, 6) is -1.10. The highest BCUT2D eigenvalue weighted by Gasteiger charge is 2.06. The highest BCUT2D eigenvalue weighted by atomic mass is 19.1.